The molecular weight excluding hydrogens is 434 g/mol. The van der Waals surface area contributed by atoms with E-state index in [2.05, 4.69) is 32.2 Å². The van der Waals surface area contributed by atoms with Crippen molar-refractivity contribution in [2.45, 2.75) is 6.92 Å². The van der Waals surface area contributed by atoms with Crippen molar-refractivity contribution in [3.05, 3.63) is 52.4 Å². The Kier molecular flexibility index (Phi) is 6.23. The minimum atomic E-state index is -3.42. The van der Waals surface area contributed by atoms with Crippen molar-refractivity contribution in [2.24, 2.45) is 0 Å². The van der Waals surface area contributed by atoms with Crippen LogP contribution in [0.1, 0.15) is 16.1 Å². The van der Waals surface area contributed by atoms with E-state index < -0.39 is 15.9 Å². The molecule has 7 nitrogen and oxygen atoms in total. The lowest BCUT2D eigenvalue weighted by molar-refractivity contribution is 0.0927. The second kappa shape index (κ2) is 8.45. The van der Waals surface area contributed by atoms with Crippen molar-refractivity contribution in [1.82, 2.24) is 9.62 Å². The molecule has 1 fully saturated rings. The van der Waals surface area contributed by atoms with Gasteiger partial charge in [-0.25, -0.2) is 8.42 Å². The molecular formula is C18H22BrN3O4S. The van der Waals surface area contributed by atoms with Crippen LogP contribution in [0.3, 0.4) is 0 Å². The second-order valence-electron chi connectivity index (χ2n) is 6.40. The summed E-state index contributed by atoms with van der Waals surface area (Å²) in [6, 6.07) is 11.3. The highest BCUT2D eigenvalue weighted by molar-refractivity contribution is 9.10. The van der Waals surface area contributed by atoms with E-state index in [9.17, 15) is 13.2 Å². The molecule has 0 saturated carbocycles. The molecule has 0 bridgehead atoms. The topological polar surface area (TPSA) is 82.9 Å². The number of hydrogen-bond donors (Lipinski definition) is 1. The van der Waals surface area contributed by atoms with Gasteiger partial charge in [-0.3, -0.25) is 4.79 Å². The molecule has 0 atom stereocenters. The summed E-state index contributed by atoms with van der Waals surface area (Å²) in [5, 5.41) is 2.58. The molecule has 0 aliphatic carbocycles. The zero-order valence-electron chi connectivity index (χ0n) is 15.0. The predicted molar refractivity (Wildman–Crippen MR) is 107 cm³/mol. The number of furan rings is 1. The molecule has 1 aromatic heterocycles. The molecule has 1 aliphatic heterocycles. The lowest BCUT2D eigenvalue weighted by atomic mass is 10.2. The molecule has 0 radical (unpaired) electrons. The van der Waals surface area contributed by atoms with Crippen LogP contribution in [-0.2, 0) is 10.0 Å². The lowest BCUT2D eigenvalue weighted by Gasteiger charge is -2.35. The minimum Gasteiger partial charge on any atom is -0.444 e. The highest BCUT2D eigenvalue weighted by Gasteiger charge is 2.27. The number of anilines is 1. The molecule has 1 aromatic carbocycles. The fourth-order valence-electron chi connectivity index (χ4n) is 3.00. The highest BCUT2D eigenvalue weighted by Crippen LogP contribution is 2.19. The van der Waals surface area contributed by atoms with Gasteiger partial charge in [0.1, 0.15) is 0 Å². The van der Waals surface area contributed by atoms with Gasteiger partial charge in [-0.05, 0) is 52.7 Å². The van der Waals surface area contributed by atoms with Crippen molar-refractivity contribution in [3.8, 4) is 0 Å². The number of benzene rings is 1. The largest absolute Gasteiger partial charge is 0.444 e. The van der Waals surface area contributed by atoms with Crippen LogP contribution in [0.5, 0.6) is 0 Å². The van der Waals surface area contributed by atoms with Crippen molar-refractivity contribution in [3.63, 3.8) is 0 Å². The Labute approximate surface area is 167 Å². The number of sulfonamides is 1. The zero-order valence-corrected chi connectivity index (χ0v) is 17.4. The predicted octanol–water partition coefficient (Wildman–Crippen LogP) is 2.23. The molecule has 2 heterocycles. The first-order valence-electron chi connectivity index (χ1n) is 8.68. The molecule has 2 aromatic rings. The number of halogens is 1. The van der Waals surface area contributed by atoms with Crippen molar-refractivity contribution in [1.29, 1.82) is 0 Å². The van der Waals surface area contributed by atoms with Crippen molar-refractivity contribution >= 4 is 37.5 Å². The van der Waals surface area contributed by atoms with Gasteiger partial charge in [-0.1, -0.05) is 12.1 Å². The first-order chi connectivity index (χ1) is 12.8. The van der Waals surface area contributed by atoms with Gasteiger partial charge in [0.05, 0.1) is 5.75 Å². The number of amides is 1. The van der Waals surface area contributed by atoms with E-state index in [0.717, 1.165) is 5.69 Å². The number of nitrogens with zero attached hydrogens (tertiary/aromatic N) is 2. The van der Waals surface area contributed by atoms with Crippen LogP contribution in [0.15, 0.2) is 45.5 Å². The maximum absolute atomic E-state index is 12.5. The summed E-state index contributed by atoms with van der Waals surface area (Å²) in [6.45, 7) is 4.26. The lowest BCUT2D eigenvalue weighted by Crippen LogP contribution is -2.50. The van der Waals surface area contributed by atoms with E-state index >= 15 is 0 Å². The molecule has 146 valence electrons. The molecule has 3 rings (SSSR count). The number of carbonyl (C=O) groups excluding carboxylic acids is 1. The van der Waals surface area contributed by atoms with E-state index in [0.29, 0.717) is 30.8 Å². The number of piperazine rings is 1. The van der Waals surface area contributed by atoms with Crippen LogP contribution in [0.4, 0.5) is 5.69 Å². The Morgan fingerprint density at radius 3 is 2.56 bits per heavy atom. The summed E-state index contributed by atoms with van der Waals surface area (Å²) in [7, 11) is -3.42. The minimum absolute atomic E-state index is 0.0393. The van der Waals surface area contributed by atoms with Crippen LogP contribution in [0, 0.1) is 6.92 Å². The van der Waals surface area contributed by atoms with E-state index in [1.165, 1.54) is 15.9 Å². The van der Waals surface area contributed by atoms with Gasteiger partial charge in [-0.15, -0.1) is 0 Å². The Morgan fingerprint density at radius 1 is 1.19 bits per heavy atom. The van der Waals surface area contributed by atoms with Gasteiger partial charge in [0, 0.05) is 38.4 Å². The number of aryl methyl sites for hydroxylation is 1. The Hall–Kier alpha value is -1.84. The molecule has 1 amide bonds. The normalized spacial score (nSPS) is 15.7. The summed E-state index contributed by atoms with van der Waals surface area (Å²) >= 11 is 3.12. The summed E-state index contributed by atoms with van der Waals surface area (Å²) in [5.74, 6) is -0.420. The zero-order chi connectivity index (χ0) is 19.4. The van der Waals surface area contributed by atoms with E-state index in [1.807, 2.05) is 25.1 Å². The number of rotatable bonds is 6. The summed E-state index contributed by atoms with van der Waals surface area (Å²) in [6.07, 6.45) is 0. The van der Waals surface area contributed by atoms with E-state index in [4.69, 9.17) is 4.42 Å². The first-order valence-corrected chi connectivity index (χ1v) is 11.1. The smallest absolute Gasteiger partial charge is 0.287 e. The summed E-state index contributed by atoms with van der Waals surface area (Å²) < 4.78 is 32.2. The van der Waals surface area contributed by atoms with Crippen LogP contribution >= 0.6 is 15.9 Å². The van der Waals surface area contributed by atoms with Gasteiger partial charge in [-0.2, -0.15) is 4.31 Å². The third-order valence-corrected chi connectivity index (χ3v) is 6.74. The van der Waals surface area contributed by atoms with Gasteiger partial charge >= 0.3 is 0 Å². The maximum Gasteiger partial charge on any atom is 0.287 e. The standard InChI is InChI=1S/C18H22BrN3O4S/c1-14-3-2-4-15(13-14)21-8-10-22(11-9-21)27(24,25)12-7-20-18(23)16-5-6-17(19)26-16/h2-6,13H,7-12H2,1H3,(H,20,23). The van der Waals surface area contributed by atoms with Crippen LogP contribution in [0.25, 0.3) is 0 Å². The SMILES string of the molecule is Cc1cccc(N2CCN(S(=O)(=O)CCNC(=O)c3ccc(Br)o3)CC2)c1. The van der Waals surface area contributed by atoms with E-state index in [-0.39, 0.29) is 18.1 Å². The molecule has 1 saturated heterocycles. The molecule has 1 aliphatic rings. The van der Waals surface area contributed by atoms with Crippen LogP contribution in [0.2, 0.25) is 0 Å². The quantitative estimate of drug-likeness (QED) is 0.721. The Bertz CT molecular complexity index is 905. The fraction of sp³-hybridized carbons (Fsp3) is 0.389. The van der Waals surface area contributed by atoms with E-state index in [1.54, 1.807) is 6.07 Å². The van der Waals surface area contributed by atoms with Gasteiger partial charge in [0.15, 0.2) is 10.4 Å². The van der Waals surface area contributed by atoms with Crippen molar-refractivity contribution in [2.75, 3.05) is 43.4 Å². The Morgan fingerprint density at radius 2 is 1.93 bits per heavy atom. The average molecular weight is 456 g/mol. The van der Waals surface area contributed by atoms with Crippen LogP contribution < -0.4 is 10.2 Å². The molecule has 27 heavy (non-hydrogen) atoms. The summed E-state index contributed by atoms with van der Waals surface area (Å²) in [4.78, 5) is 14.1. The van der Waals surface area contributed by atoms with Gasteiger partial charge in [0.25, 0.3) is 5.91 Å². The number of nitrogens with one attached hydrogen (secondary N) is 1. The van der Waals surface area contributed by atoms with Gasteiger partial charge < -0.3 is 14.6 Å². The molecule has 0 spiro atoms. The first kappa shape index (κ1) is 19.9. The number of hydrogen-bond acceptors (Lipinski definition) is 5. The Balaban J connectivity index is 1.49. The number of carbonyl (C=O) groups is 1. The third-order valence-electron chi connectivity index (χ3n) is 4.44. The highest BCUT2D eigenvalue weighted by atomic mass is 79.9. The second-order valence-corrected chi connectivity index (χ2v) is 9.27. The molecule has 0 unspecified atom stereocenters. The molecule has 1 N–H and O–H groups in total. The summed E-state index contributed by atoms with van der Waals surface area (Å²) in [5.41, 5.74) is 2.30. The third kappa shape index (κ3) is 5.12. The molecule has 9 heteroatoms. The van der Waals surface area contributed by atoms with Crippen molar-refractivity contribution < 1.29 is 17.6 Å². The monoisotopic (exact) mass is 455 g/mol. The van der Waals surface area contributed by atoms with Gasteiger partial charge in [0.2, 0.25) is 10.0 Å². The maximum atomic E-state index is 12.5. The average Bonchev–Trinajstić information content (AvgIpc) is 3.08. The van der Waals surface area contributed by atoms with Crippen LogP contribution in [-0.4, -0.2) is 57.1 Å². The fourth-order valence-corrected chi connectivity index (χ4v) is 4.64.